The van der Waals surface area contributed by atoms with Gasteiger partial charge < -0.3 is 33.8 Å². The van der Waals surface area contributed by atoms with Gasteiger partial charge in [0.1, 0.15) is 19.3 Å². The third-order valence-electron chi connectivity index (χ3n) is 13.9. The number of hydrogen-bond donors (Lipinski definition) is 3. The number of phosphoric acid groups is 2. The molecule has 0 radical (unpaired) electrons. The minimum atomic E-state index is -4.94. The topological polar surface area (TPSA) is 237 Å². The zero-order valence-corrected chi connectivity index (χ0v) is 53.3. The van der Waals surface area contributed by atoms with Gasteiger partial charge in [0, 0.05) is 25.7 Å². The highest BCUT2D eigenvalue weighted by atomic mass is 31.2. The lowest BCUT2D eigenvalue weighted by molar-refractivity contribution is -0.161. The van der Waals surface area contributed by atoms with Gasteiger partial charge in [-0.3, -0.25) is 37.3 Å². The number of phosphoric ester groups is 2. The number of hydrogen-bond acceptors (Lipinski definition) is 15. The van der Waals surface area contributed by atoms with Crippen LogP contribution in [0.15, 0.2) is 0 Å². The Balaban J connectivity index is 5.24. The summed E-state index contributed by atoms with van der Waals surface area (Å²) in [6.45, 7) is 11.6. The predicted molar refractivity (Wildman–Crippen MR) is 317 cm³/mol. The quantitative estimate of drug-likeness (QED) is 0.0222. The van der Waals surface area contributed by atoms with Gasteiger partial charge in [-0.15, -0.1) is 0 Å². The van der Waals surface area contributed by atoms with E-state index < -0.39 is 97.5 Å². The minimum Gasteiger partial charge on any atom is -0.462 e. The van der Waals surface area contributed by atoms with Gasteiger partial charge in [0.15, 0.2) is 12.2 Å². The molecule has 0 saturated carbocycles. The summed E-state index contributed by atoms with van der Waals surface area (Å²) >= 11 is 0. The Hall–Kier alpha value is -1.94. The molecule has 0 aliphatic rings. The number of aliphatic hydroxyl groups excluding tert-OH is 1. The highest BCUT2D eigenvalue weighted by Gasteiger charge is 2.30. The van der Waals surface area contributed by atoms with Gasteiger partial charge in [0.2, 0.25) is 0 Å². The van der Waals surface area contributed by atoms with Crippen LogP contribution in [0.5, 0.6) is 0 Å². The molecule has 80 heavy (non-hydrogen) atoms. The van der Waals surface area contributed by atoms with Crippen LogP contribution in [-0.2, 0) is 65.4 Å². The molecule has 0 rings (SSSR count). The Morgan fingerprint density at radius 1 is 0.338 bits per heavy atom. The maximum absolute atomic E-state index is 12.9. The molecule has 2 unspecified atom stereocenters. The number of aliphatic hydroxyl groups is 1. The zero-order valence-electron chi connectivity index (χ0n) is 51.5. The van der Waals surface area contributed by atoms with Gasteiger partial charge in [-0.25, -0.2) is 9.13 Å². The summed E-state index contributed by atoms with van der Waals surface area (Å²) in [6, 6.07) is 0. The van der Waals surface area contributed by atoms with Crippen LogP contribution in [0.3, 0.4) is 0 Å². The molecular weight excluding hydrogens is 1070 g/mol. The van der Waals surface area contributed by atoms with E-state index in [1.165, 1.54) is 96.3 Å². The van der Waals surface area contributed by atoms with E-state index in [9.17, 15) is 43.2 Å². The third-order valence-corrected chi connectivity index (χ3v) is 15.8. The van der Waals surface area contributed by atoms with E-state index in [-0.39, 0.29) is 25.7 Å². The molecule has 3 N–H and O–H groups in total. The van der Waals surface area contributed by atoms with Crippen molar-refractivity contribution in [2.45, 2.75) is 311 Å². The second-order valence-corrected chi connectivity index (χ2v) is 26.4. The van der Waals surface area contributed by atoms with Gasteiger partial charge in [-0.2, -0.15) is 0 Å². The van der Waals surface area contributed by atoms with E-state index in [0.29, 0.717) is 37.5 Å². The lowest BCUT2D eigenvalue weighted by Crippen LogP contribution is -2.30. The Morgan fingerprint density at radius 2 is 0.575 bits per heavy atom. The molecule has 5 atom stereocenters. The molecule has 0 amide bonds. The first-order valence-electron chi connectivity index (χ1n) is 31.8. The van der Waals surface area contributed by atoms with Crippen LogP contribution in [0.4, 0.5) is 0 Å². The van der Waals surface area contributed by atoms with Gasteiger partial charge >= 0.3 is 39.5 Å². The van der Waals surface area contributed by atoms with Crippen molar-refractivity contribution in [3.63, 3.8) is 0 Å². The van der Waals surface area contributed by atoms with Crippen LogP contribution in [-0.4, -0.2) is 96.7 Å². The molecule has 0 aromatic rings. The highest BCUT2D eigenvalue weighted by molar-refractivity contribution is 7.47. The summed E-state index contributed by atoms with van der Waals surface area (Å²) < 4.78 is 67.8. The largest absolute Gasteiger partial charge is 0.472 e. The Kier molecular flexibility index (Phi) is 51.3. The number of esters is 4. The average Bonchev–Trinajstić information content (AvgIpc) is 3.40. The average molecular weight is 1190 g/mol. The molecule has 0 aromatic heterocycles. The van der Waals surface area contributed by atoms with Crippen molar-refractivity contribution in [3.05, 3.63) is 0 Å². The smallest absolute Gasteiger partial charge is 0.462 e. The summed E-state index contributed by atoms with van der Waals surface area (Å²) in [7, 11) is -9.88. The first kappa shape index (κ1) is 78.1. The molecule has 0 aliphatic heterocycles. The van der Waals surface area contributed by atoms with Crippen LogP contribution in [0, 0.1) is 17.8 Å². The van der Waals surface area contributed by atoms with Crippen LogP contribution < -0.4 is 0 Å². The molecule has 19 heteroatoms. The Bertz CT molecular complexity index is 1600. The molecule has 474 valence electrons. The van der Waals surface area contributed by atoms with E-state index in [2.05, 4.69) is 48.5 Å². The van der Waals surface area contributed by atoms with E-state index in [1.54, 1.807) is 0 Å². The lowest BCUT2D eigenvalue weighted by atomic mass is 10.0. The number of carbonyl (C=O) groups is 4. The summed E-state index contributed by atoms with van der Waals surface area (Å²) in [5.41, 5.74) is 0. The summed E-state index contributed by atoms with van der Waals surface area (Å²) in [6.07, 6.45) is 32.4. The van der Waals surface area contributed by atoms with Crippen molar-refractivity contribution >= 4 is 39.5 Å². The van der Waals surface area contributed by atoms with Crippen molar-refractivity contribution in [1.82, 2.24) is 0 Å². The summed E-state index contributed by atoms with van der Waals surface area (Å²) in [5.74, 6) is -0.0609. The summed E-state index contributed by atoms with van der Waals surface area (Å²) in [4.78, 5) is 72.0. The van der Waals surface area contributed by atoms with E-state index in [1.807, 2.05) is 0 Å². The number of unbranched alkanes of at least 4 members (excludes halogenated alkanes) is 27. The monoisotopic (exact) mass is 1180 g/mol. The zero-order chi connectivity index (χ0) is 59.5. The molecule has 0 saturated heterocycles. The molecule has 0 spiro atoms. The van der Waals surface area contributed by atoms with E-state index in [4.69, 9.17) is 37.0 Å². The van der Waals surface area contributed by atoms with Gasteiger partial charge in [0.25, 0.3) is 0 Å². The van der Waals surface area contributed by atoms with Crippen LogP contribution >= 0.6 is 15.6 Å². The first-order chi connectivity index (χ1) is 38.2. The van der Waals surface area contributed by atoms with Gasteiger partial charge in [-0.05, 0) is 43.4 Å². The molecule has 0 fully saturated rings. The first-order valence-corrected chi connectivity index (χ1v) is 34.8. The van der Waals surface area contributed by atoms with Crippen molar-refractivity contribution in [1.29, 1.82) is 0 Å². The van der Waals surface area contributed by atoms with Crippen molar-refractivity contribution < 1.29 is 80.2 Å². The van der Waals surface area contributed by atoms with Crippen LogP contribution in [0.25, 0.3) is 0 Å². The maximum atomic E-state index is 12.9. The number of carbonyl (C=O) groups excluding carboxylic acids is 4. The van der Waals surface area contributed by atoms with Gasteiger partial charge in [0.05, 0.1) is 26.4 Å². The van der Waals surface area contributed by atoms with Crippen molar-refractivity contribution in [2.24, 2.45) is 17.8 Å². The van der Waals surface area contributed by atoms with Crippen molar-refractivity contribution in [3.8, 4) is 0 Å². The third kappa shape index (κ3) is 55.3. The number of ether oxygens (including phenoxy) is 4. The predicted octanol–water partition coefficient (Wildman–Crippen LogP) is 16.3. The lowest BCUT2D eigenvalue weighted by Gasteiger charge is -2.21. The fourth-order valence-electron chi connectivity index (χ4n) is 8.95. The maximum Gasteiger partial charge on any atom is 0.472 e. The molecule has 0 heterocycles. The SMILES string of the molecule is CCCCCCCCCCCCC(=O)OC[C@H](COP(=O)(O)OC[C@@H](O)COP(=O)(O)OC[C@@H](COC(=O)CCCCCCCCC(C)C)OC(=O)CCCCCCCCC(C)C)OC(=O)CCCCCCCCCCCC(C)C. The standard InChI is InChI=1S/C61H118O17P2/c1-8-9-10-11-12-13-16-19-28-35-42-58(63)71-48-56(77-60(65)44-37-30-20-17-14-15-18-25-32-39-52(2)3)50-75-79(67,68)73-46-55(62)47-74-80(69,70)76-51-57(78-61(66)45-38-31-24-22-27-34-41-54(6)7)49-72-59(64)43-36-29-23-21-26-33-40-53(4)5/h52-57,62H,8-51H2,1-7H3,(H,67,68)(H,69,70)/t55-,56-,57-/m1/s1. The second kappa shape index (κ2) is 52.6. The minimum absolute atomic E-state index is 0.101. The second-order valence-electron chi connectivity index (χ2n) is 23.5. The Morgan fingerprint density at radius 3 is 0.850 bits per heavy atom. The molecular formula is C61H118O17P2. The normalized spacial score (nSPS) is 14.5. The molecule has 0 bridgehead atoms. The molecule has 0 aromatic carbocycles. The number of rotatable bonds is 59. The fourth-order valence-corrected chi connectivity index (χ4v) is 10.5. The van der Waals surface area contributed by atoms with E-state index in [0.717, 1.165) is 102 Å². The highest BCUT2D eigenvalue weighted by Crippen LogP contribution is 2.45. The Labute approximate surface area is 486 Å². The summed E-state index contributed by atoms with van der Waals surface area (Å²) in [5, 5.41) is 10.5. The molecule has 0 aliphatic carbocycles. The molecule has 17 nitrogen and oxygen atoms in total. The van der Waals surface area contributed by atoms with E-state index >= 15 is 0 Å². The van der Waals surface area contributed by atoms with Gasteiger partial charge in [-0.1, -0.05) is 241 Å². The van der Waals surface area contributed by atoms with Crippen molar-refractivity contribution in [2.75, 3.05) is 39.6 Å². The van der Waals surface area contributed by atoms with Crippen LogP contribution in [0.2, 0.25) is 0 Å². The van der Waals surface area contributed by atoms with Crippen LogP contribution in [0.1, 0.15) is 292 Å². The fraction of sp³-hybridized carbons (Fsp3) is 0.934.